The van der Waals surface area contributed by atoms with Gasteiger partial charge in [0.05, 0.1) is 5.75 Å². The number of unbranched alkanes of at least 4 members (excludes halogenated alkanes) is 1. The molecule has 4 fully saturated rings. The number of rotatable bonds is 5. The van der Waals surface area contributed by atoms with Crippen LogP contribution in [0.15, 0.2) is 0 Å². The molecule has 4 rings (SSSR count). The number of hydrogen-bond donors (Lipinski definition) is 1. The molecule has 0 amide bonds. The molecule has 0 aromatic carbocycles. The van der Waals surface area contributed by atoms with Gasteiger partial charge in [-0.15, -0.1) is 0 Å². The van der Waals surface area contributed by atoms with Gasteiger partial charge in [-0.1, -0.05) is 47.0 Å². The molecule has 0 heterocycles. The summed E-state index contributed by atoms with van der Waals surface area (Å²) in [6.45, 7) is 9.22. The summed E-state index contributed by atoms with van der Waals surface area (Å²) < 4.78 is 30.9. The van der Waals surface area contributed by atoms with Crippen LogP contribution in [0.5, 0.6) is 0 Å². The van der Waals surface area contributed by atoms with Crippen molar-refractivity contribution in [2.24, 2.45) is 40.4 Å². The average molecular weight is 427 g/mol. The van der Waals surface area contributed by atoms with Gasteiger partial charge in [0, 0.05) is 0 Å². The van der Waals surface area contributed by atoms with Crippen LogP contribution in [0.1, 0.15) is 111 Å². The minimum Gasteiger partial charge on any atom is -0.286 e. The second kappa shape index (κ2) is 9.18. The number of fused-ring (bicyclic) bond motifs is 5. The Morgan fingerprint density at radius 2 is 1.55 bits per heavy atom. The molecule has 3 nitrogen and oxygen atoms in total. The van der Waals surface area contributed by atoms with E-state index in [0.29, 0.717) is 17.3 Å². The molecule has 0 bridgehead atoms. The fourth-order valence-electron chi connectivity index (χ4n) is 8.55. The van der Waals surface area contributed by atoms with Gasteiger partial charge in [0.1, 0.15) is 0 Å². The Bertz CT molecular complexity index is 644. The molecular weight excluding hydrogens is 380 g/mol. The highest BCUT2D eigenvalue weighted by molar-refractivity contribution is 7.85. The third-order valence-electron chi connectivity index (χ3n) is 9.98. The minimum atomic E-state index is -3.79. The summed E-state index contributed by atoms with van der Waals surface area (Å²) in [5.74, 6) is 4.52. The lowest BCUT2D eigenvalue weighted by atomic mass is 9.45. The summed E-state index contributed by atoms with van der Waals surface area (Å²) in [4.78, 5) is 0. The summed E-state index contributed by atoms with van der Waals surface area (Å²) in [6.07, 6.45) is 17.1. The molecule has 1 N–H and O–H groups in total. The van der Waals surface area contributed by atoms with E-state index >= 15 is 0 Å². The second-order valence-corrected chi connectivity index (χ2v) is 12.6. The molecule has 0 spiro atoms. The van der Waals surface area contributed by atoms with Gasteiger partial charge >= 0.3 is 0 Å². The summed E-state index contributed by atoms with van der Waals surface area (Å²) in [6, 6.07) is 0. The molecule has 4 aliphatic carbocycles. The van der Waals surface area contributed by atoms with Gasteiger partial charge in [-0.05, 0) is 105 Å². The van der Waals surface area contributed by atoms with Crippen LogP contribution < -0.4 is 0 Å². The Hall–Kier alpha value is -0.0900. The van der Waals surface area contributed by atoms with E-state index in [1.165, 1.54) is 64.2 Å². The molecule has 170 valence electrons. The first-order chi connectivity index (χ1) is 13.7. The molecule has 7 unspecified atom stereocenters. The molecule has 4 aliphatic rings. The molecule has 4 heteroatoms. The summed E-state index contributed by atoms with van der Waals surface area (Å²) in [5.41, 5.74) is 1.10. The highest BCUT2D eigenvalue weighted by Crippen LogP contribution is 2.67. The first kappa shape index (κ1) is 23.6. The van der Waals surface area contributed by atoms with Crippen LogP contribution in [0.25, 0.3) is 0 Å². The van der Waals surface area contributed by atoms with Crippen LogP contribution >= 0.6 is 0 Å². The lowest BCUT2D eigenvalue weighted by Crippen LogP contribution is -2.52. The van der Waals surface area contributed by atoms with Gasteiger partial charge in [0.15, 0.2) is 0 Å². The molecule has 7 atom stereocenters. The Kier molecular flexibility index (Phi) is 7.46. The topological polar surface area (TPSA) is 54.4 Å². The first-order valence-corrected chi connectivity index (χ1v) is 14.3. The standard InChI is InChI=1S/C23H40O3S.C2H6/c1-22-14-5-3-7-17(22)9-11-19-20-12-10-18(8-4-6-16-27(24,25)26)23(20,2)15-13-21(19)22;1-2/h17-21H,3-16H2,1-2H3,(H,24,25,26);1-2H3. The normalized spacial score (nSPS) is 44.1. The molecular formula is C25H46O3S. The van der Waals surface area contributed by atoms with Crippen molar-refractivity contribution >= 4 is 10.1 Å². The van der Waals surface area contributed by atoms with Crippen molar-refractivity contribution in [1.82, 2.24) is 0 Å². The van der Waals surface area contributed by atoms with E-state index in [-0.39, 0.29) is 5.75 Å². The van der Waals surface area contributed by atoms with Crippen molar-refractivity contribution in [1.29, 1.82) is 0 Å². The molecule has 0 radical (unpaired) electrons. The fraction of sp³-hybridized carbons (Fsp3) is 1.00. The third-order valence-corrected chi connectivity index (χ3v) is 10.8. The zero-order chi connectivity index (χ0) is 21.3. The van der Waals surface area contributed by atoms with Crippen molar-refractivity contribution in [3.8, 4) is 0 Å². The van der Waals surface area contributed by atoms with E-state index in [1.807, 2.05) is 13.8 Å². The smallest absolute Gasteiger partial charge is 0.264 e. The molecule has 0 aromatic heterocycles. The predicted octanol–water partition coefficient (Wildman–Crippen LogP) is 7.12. The Morgan fingerprint density at radius 3 is 2.28 bits per heavy atom. The van der Waals surface area contributed by atoms with Gasteiger partial charge in [-0.25, -0.2) is 0 Å². The predicted molar refractivity (Wildman–Crippen MR) is 121 cm³/mol. The minimum absolute atomic E-state index is 0.0652. The van der Waals surface area contributed by atoms with E-state index in [1.54, 1.807) is 0 Å². The first-order valence-electron chi connectivity index (χ1n) is 12.7. The van der Waals surface area contributed by atoms with Crippen molar-refractivity contribution in [3.63, 3.8) is 0 Å². The fourth-order valence-corrected chi connectivity index (χ4v) is 9.12. The molecule has 29 heavy (non-hydrogen) atoms. The van der Waals surface area contributed by atoms with Crippen LogP contribution in [-0.2, 0) is 10.1 Å². The van der Waals surface area contributed by atoms with Crippen molar-refractivity contribution in [2.75, 3.05) is 5.75 Å². The summed E-state index contributed by atoms with van der Waals surface area (Å²) >= 11 is 0. The maximum atomic E-state index is 11.0. The highest BCUT2D eigenvalue weighted by Gasteiger charge is 2.59. The van der Waals surface area contributed by atoms with Crippen LogP contribution in [0.4, 0.5) is 0 Å². The van der Waals surface area contributed by atoms with Crippen molar-refractivity contribution in [3.05, 3.63) is 0 Å². The van der Waals surface area contributed by atoms with Gasteiger partial charge in [-0.3, -0.25) is 4.55 Å². The van der Waals surface area contributed by atoms with E-state index in [9.17, 15) is 8.42 Å². The van der Waals surface area contributed by atoms with Crippen LogP contribution in [-0.4, -0.2) is 18.7 Å². The van der Waals surface area contributed by atoms with Gasteiger partial charge in [-0.2, -0.15) is 8.42 Å². The monoisotopic (exact) mass is 426 g/mol. The molecule has 4 saturated carbocycles. The maximum absolute atomic E-state index is 11.0. The van der Waals surface area contributed by atoms with E-state index < -0.39 is 10.1 Å². The van der Waals surface area contributed by atoms with E-state index in [4.69, 9.17) is 4.55 Å². The van der Waals surface area contributed by atoms with Crippen LogP contribution in [0, 0.1) is 40.4 Å². The van der Waals surface area contributed by atoms with Crippen LogP contribution in [0.2, 0.25) is 0 Å². The summed E-state index contributed by atoms with van der Waals surface area (Å²) in [5, 5.41) is 0. The zero-order valence-electron chi connectivity index (χ0n) is 19.5. The largest absolute Gasteiger partial charge is 0.286 e. The quantitative estimate of drug-likeness (QED) is 0.376. The van der Waals surface area contributed by atoms with Crippen LogP contribution in [0.3, 0.4) is 0 Å². The Balaban J connectivity index is 0.00000117. The number of hydrogen-bond acceptors (Lipinski definition) is 2. The Morgan fingerprint density at radius 1 is 0.828 bits per heavy atom. The highest BCUT2D eigenvalue weighted by atomic mass is 32.2. The maximum Gasteiger partial charge on any atom is 0.264 e. The summed E-state index contributed by atoms with van der Waals surface area (Å²) in [7, 11) is -3.79. The Labute approximate surface area is 180 Å². The van der Waals surface area contributed by atoms with Gasteiger partial charge < -0.3 is 0 Å². The average Bonchev–Trinajstić information content (AvgIpc) is 3.02. The van der Waals surface area contributed by atoms with E-state index in [0.717, 1.165) is 42.4 Å². The lowest BCUT2D eigenvalue weighted by Gasteiger charge is -2.60. The zero-order valence-corrected chi connectivity index (χ0v) is 20.3. The van der Waals surface area contributed by atoms with Gasteiger partial charge in [0.2, 0.25) is 0 Å². The molecule has 0 aromatic rings. The molecule has 0 saturated heterocycles. The van der Waals surface area contributed by atoms with Crippen molar-refractivity contribution < 1.29 is 13.0 Å². The lowest BCUT2D eigenvalue weighted by molar-refractivity contribution is -0.111. The van der Waals surface area contributed by atoms with Crippen molar-refractivity contribution in [2.45, 2.75) is 111 Å². The third kappa shape index (κ3) is 4.59. The molecule has 0 aliphatic heterocycles. The SMILES string of the molecule is CC.CC12CCCCC1CCC1C2CCC2(C)C(CCCCS(=O)(=O)O)CCC12. The van der Waals surface area contributed by atoms with E-state index in [2.05, 4.69) is 13.8 Å². The second-order valence-electron chi connectivity index (χ2n) is 11.0. The van der Waals surface area contributed by atoms with Gasteiger partial charge in [0.25, 0.3) is 10.1 Å².